The lowest BCUT2D eigenvalue weighted by Gasteiger charge is -2.09. The Balaban J connectivity index is 3.42. The standard InChI is InChI=1S/C8H2BrF4N/c9-5-1-4(3-14)2-6(10)7(5)8(11,12)13/h1-2H. The van der Waals surface area contributed by atoms with Crippen LogP contribution in [0.3, 0.4) is 0 Å². The molecule has 0 heterocycles. The second-order valence-electron chi connectivity index (χ2n) is 2.42. The van der Waals surface area contributed by atoms with Crippen LogP contribution in [0.5, 0.6) is 0 Å². The molecular formula is C8H2BrF4N. The first-order valence-electron chi connectivity index (χ1n) is 3.32. The predicted octanol–water partition coefficient (Wildman–Crippen LogP) is 3.48. The normalized spacial score (nSPS) is 11.1. The summed E-state index contributed by atoms with van der Waals surface area (Å²) in [6, 6.07) is 3.02. The first kappa shape index (κ1) is 11.0. The van der Waals surface area contributed by atoms with Gasteiger partial charge >= 0.3 is 6.18 Å². The molecule has 0 N–H and O–H groups in total. The van der Waals surface area contributed by atoms with E-state index in [1.54, 1.807) is 6.07 Å². The molecule has 0 saturated carbocycles. The molecule has 0 spiro atoms. The molecule has 0 unspecified atom stereocenters. The highest BCUT2D eigenvalue weighted by atomic mass is 79.9. The smallest absolute Gasteiger partial charge is 0.206 e. The van der Waals surface area contributed by atoms with Crippen molar-refractivity contribution in [1.29, 1.82) is 5.26 Å². The highest BCUT2D eigenvalue weighted by Crippen LogP contribution is 2.37. The van der Waals surface area contributed by atoms with E-state index in [0.717, 1.165) is 6.07 Å². The van der Waals surface area contributed by atoms with Gasteiger partial charge in [0.1, 0.15) is 11.4 Å². The topological polar surface area (TPSA) is 23.8 Å². The van der Waals surface area contributed by atoms with E-state index in [4.69, 9.17) is 5.26 Å². The zero-order valence-electron chi connectivity index (χ0n) is 6.49. The molecule has 6 heteroatoms. The van der Waals surface area contributed by atoms with Crippen molar-refractivity contribution in [3.63, 3.8) is 0 Å². The molecule has 1 aromatic rings. The Morgan fingerprint density at radius 1 is 1.29 bits per heavy atom. The van der Waals surface area contributed by atoms with Gasteiger partial charge in [0.05, 0.1) is 11.6 Å². The van der Waals surface area contributed by atoms with Crippen molar-refractivity contribution in [2.75, 3.05) is 0 Å². The van der Waals surface area contributed by atoms with E-state index in [-0.39, 0.29) is 5.56 Å². The summed E-state index contributed by atoms with van der Waals surface area (Å²) >= 11 is 2.56. The van der Waals surface area contributed by atoms with Crippen molar-refractivity contribution in [3.8, 4) is 6.07 Å². The van der Waals surface area contributed by atoms with Crippen molar-refractivity contribution < 1.29 is 17.6 Å². The van der Waals surface area contributed by atoms with Gasteiger partial charge in [-0.05, 0) is 12.1 Å². The third-order valence-electron chi connectivity index (χ3n) is 1.45. The molecule has 1 aromatic carbocycles. The molecule has 1 rings (SSSR count). The maximum Gasteiger partial charge on any atom is 0.420 e. The first-order chi connectivity index (χ1) is 6.36. The summed E-state index contributed by atoms with van der Waals surface area (Å²) < 4.78 is 49.0. The molecule has 0 fully saturated rings. The lowest BCUT2D eigenvalue weighted by molar-refractivity contribution is -0.140. The Morgan fingerprint density at radius 3 is 2.21 bits per heavy atom. The number of alkyl halides is 3. The van der Waals surface area contributed by atoms with Gasteiger partial charge in [-0.3, -0.25) is 0 Å². The van der Waals surface area contributed by atoms with Crippen molar-refractivity contribution in [2.24, 2.45) is 0 Å². The van der Waals surface area contributed by atoms with Crippen molar-refractivity contribution in [1.82, 2.24) is 0 Å². The van der Waals surface area contributed by atoms with E-state index in [9.17, 15) is 17.6 Å². The lowest BCUT2D eigenvalue weighted by Crippen LogP contribution is -2.09. The minimum absolute atomic E-state index is 0.164. The molecular weight excluding hydrogens is 266 g/mol. The van der Waals surface area contributed by atoms with Gasteiger partial charge in [0.25, 0.3) is 0 Å². The fourth-order valence-electron chi connectivity index (χ4n) is 0.908. The molecule has 0 aromatic heterocycles. The Hall–Kier alpha value is -1.09. The maximum atomic E-state index is 12.9. The zero-order chi connectivity index (χ0) is 10.9. The van der Waals surface area contributed by atoms with Crippen LogP contribution in [0.25, 0.3) is 0 Å². The summed E-state index contributed by atoms with van der Waals surface area (Å²) in [6.07, 6.45) is -4.77. The van der Waals surface area contributed by atoms with E-state index in [1.165, 1.54) is 0 Å². The van der Waals surface area contributed by atoms with Crippen LogP contribution in [0.2, 0.25) is 0 Å². The number of hydrogen-bond acceptors (Lipinski definition) is 1. The molecule has 0 bridgehead atoms. The van der Waals surface area contributed by atoms with Gasteiger partial charge in [-0.1, -0.05) is 15.9 Å². The predicted molar refractivity (Wildman–Crippen MR) is 43.8 cm³/mol. The number of benzene rings is 1. The quantitative estimate of drug-likeness (QED) is 0.661. The van der Waals surface area contributed by atoms with E-state index in [0.29, 0.717) is 6.07 Å². The number of nitrogens with zero attached hydrogens (tertiary/aromatic N) is 1. The van der Waals surface area contributed by atoms with Crippen LogP contribution in [0.4, 0.5) is 17.6 Å². The van der Waals surface area contributed by atoms with E-state index >= 15 is 0 Å². The van der Waals surface area contributed by atoms with Gasteiger partial charge in [0.2, 0.25) is 0 Å². The lowest BCUT2D eigenvalue weighted by atomic mass is 10.1. The molecule has 0 atom stereocenters. The SMILES string of the molecule is N#Cc1cc(F)c(C(F)(F)F)c(Br)c1. The van der Waals surface area contributed by atoms with Crippen LogP contribution in [0.1, 0.15) is 11.1 Å². The molecule has 74 valence electrons. The van der Waals surface area contributed by atoms with Crippen LogP contribution in [0.15, 0.2) is 16.6 Å². The van der Waals surface area contributed by atoms with Crippen LogP contribution >= 0.6 is 15.9 Å². The Morgan fingerprint density at radius 2 is 1.86 bits per heavy atom. The molecule has 0 radical (unpaired) electrons. The molecule has 0 aliphatic heterocycles. The first-order valence-corrected chi connectivity index (χ1v) is 4.12. The van der Waals surface area contributed by atoms with Gasteiger partial charge in [0.15, 0.2) is 0 Å². The molecule has 14 heavy (non-hydrogen) atoms. The molecule has 0 aliphatic carbocycles. The Labute approximate surface area is 85.1 Å². The molecule has 0 aliphatic rings. The van der Waals surface area contributed by atoms with Gasteiger partial charge in [-0.15, -0.1) is 0 Å². The summed E-state index contributed by atoms with van der Waals surface area (Å²) in [5, 5.41) is 8.36. The van der Waals surface area contributed by atoms with E-state index < -0.39 is 22.0 Å². The van der Waals surface area contributed by atoms with Gasteiger partial charge in [0, 0.05) is 4.47 Å². The Bertz CT molecular complexity index is 382. The highest BCUT2D eigenvalue weighted by molar-refractivity contribution is 9.10. The highest BCUT2D eigenvalue weighted by Gasteiger charge is 2.36. The number of hydrogen-bond donors (Lipinski definition) is 0. The molecule has 0 amide bonds. The van der Waals surface area contributed by atoms with Crippen LogP contribution in [0, 0.1) is 17.1 Å². The van der Waals surface area contributed by atoms with E-state index in [1.807, 2.05) is 0 Å². The maximum absolute atomic E-state index is 12.9. The van der Waals surface area contributed by atoms with Crippen molar-refractivity contribution >= 4 is 15.9 Å². The summed E-state index contributed by atoms with van der Waals surface area (Å²) in [7, 11) is 0. The minimum Gasteiger partial charge on any atom is -0.206 e. The third-order valence-corrected chi connectivity index (χ3v) is 2.08. The fourth-order valence-corrected chi connectivity index (χ4v) is 1.57. The largest absolute Gasteiger partial charge is 0.420 e. The summed E-state index contributed by atoms with van der Waals surface area (Å²) in [5.74, 6) is -1.46. The second-order valence-corrected chi connectivity index (χ2v) is 3.28. The van der Waals surface area contributed by atoms with Crippen molar-refractivity contribution in [2.45, 2.75) is 6.18 Å². The van der Waals surface area contributed by atoms with Gasteiger partial charge in [-0.25, -0.2) is 4.39 Å². The van der Waals surface area contributed by atoms with Gasteiger partial charge < -0.3 is 0 Å². The Kier molecular flexibility index (Phi) is 2.81. The van der Waals surface area contributed by atoms with E-state index in [2.05, 4.69) is 15.9 Å². The fraction of sp³-hybridized carbons (Fsp3) is 0.125. The monoisotopic (exact) mass is 267 g/mol. The zero-order valence-corrected chi connectivity index (χ0v) is 8.08. The van der Waals surface area contributed by atoms with Crippen LogP contribution in [-0.2, 0) is 6.18 Å². The number of rotatable bonds is 0. The average Bonchev–Trinajstić information content (AvgIpc) is 1.99. The summed E-state index contributed by atoms with van der Waals surface area (Å²) in [4.78, 5) is 0. The second kappa shape index (κ2) is 3.58. The minimum atomic E-state index is -4.77. The van der Waals surface area contributed by atoms with Crippen LogP contribution < -0.4 is 0 Å². The number of halogens is 5. The summed E-state index contributed by atoms with van der Waals surface area (Å²) in [6.45, 7) is 0. The number of nitriles is 1. The average molecular weight is 268 g/mol. The molecule has 0 saturated heterocycles. The van der Waals surface area contributed by atoms with Crippen molar-refractivity contribution in [3.05, 3.63) is 33.5 Å². The molecule has 1 nitrogen and oxygen atoms in total. The summed E-state index contributed by atoms with van der Waals surface area (Å²) in [5.41, 5.74) is -1.56. The third kappa shape index (κ3) is 2.04. The van der Waals surface area contributed by atoms with Crippen LogP contribution in [-0.4, -0.2) is 0 Å². The van der Waals surface area contributed by atoms with Gasteiger partial charge in [-0.2, -0.15) is 18.4 Å².